The highest BCUT2D eigenvalue weighted by atomic mass is 15.1. The Bertz CT molecular complexity index is 2690. The third-order valence-electron chi connectivity index (χ3n) is 10.7. The van der Waals surface area contributed by atoms with Crippen LogP contribution in [0.25, 0.3) is 89.2 Å². The lowest BCUT2D eigenvalue weighted by molar-refractivity contribution is 1.07. The van der Waals surface area contributed by atoms with E-state index in [0.717, 1.165) is 83.7 Å². The first-order valence-corrected chi connectivity index (χ1v) is 18.8. The van der Waals surface area contributed by atoms with Gasteiger partial charge in [-0.15, -0.1) is 0 Å². The average Bonchev–Trinajstić information content (AvgIpc) is 3.74. The van der Waals surface area contributed by atoms with Crippen LogP contribution in [0.3, 0.4) is 0 Å². The zero-order valence-electron chi connectivity index (χ0n) is 30.5. The Hall–Kier alpha value is -7.63. The molecule has 5 heteroatoms. The van der Waals surface area contributed by atoms with E-state index in [4.69, 9.17) is 16.5 Å². The van der Waals surface area contributed by atoms with Gasteiger partial charge in [0.15, 0.2) is 0 Å². The highest BCUT2D eigenvalue weighted by Crippen LogP contribution is 2.46. The number of hydrogen-bond donors (Lipinski definition) is 2. The van der Waals surface area contributed by atoms with Crippen LogP contribution in [0.4, 0.5) is 11.4 Å². The van der Waals surface area contributed by atoms with Gasteiger partial charge in [0.1, 0.15) is 5.52 Å². The fourth-order valence-corrected chi connectivity index (χ4v) is 8.08. The van der Waals surface area contributed by atoms with Crippen molar-refractivity contribution < 1.29 is 0 Å². The molecule has 0 aliphatic heterocycles. The highest BCUT2D eigenvalue weighted by molar-refractivity contribution is 6.08. The topological polar surface area (TPSA) is 74.8 Å². The molecule has 56 heavy (non-hydrogen) atoms. The second-order valence-electron chi connectivity index (χ2n) is 14.1. The van der Waals surface area contributed by atoms with Gasteiger partial charge in [0.2, 0.25) is 0 Å². The van der Waals surface area contributed by atoms with Crippen LogP contribution in [0.1, 0.15) is 0 Å². The molecule has 10 rings (SSSR count). The summed E-state index contributed by atoms with van der Waals surface area (Å²) in [6.45, 7) is 0. The first kappa shape index (κ1) is 33.0. The molecule has 0 bridgehead atoms. The van der Waals surface area contributed by atoms with Crippen molar-refractivity contribution in [2.24, 2.45) is 0 Å². The summed E-state index contributed by atoms with van der Waals surface area (Å²) in [6, 6.07) is 68.0. The quantitative estimate of drug-likeness (QED) is 0.172. The Kier molecular flexibility index (Phi) is 8.04. The smallest absolute Gasteiger partial charge is 0.112 e. The number of nitrogens with zero attached hydrogens (tertiary/aromatic N) is 3. The van der Waals surface area contributed by atoms with Gasteiger partial charge in [-0.25, -0.2) is 0 Å². The molecule has 0 fully saturated rings. The molecule has 0 atom stereocenters. The van der Waals surface area contributed by atoms with Gasteiger partial charge >= 0.3 is 0 Å². The van der Waals surface area contributed by atoms with Crippen molar-refractivity contribution in [3.8, 4) is 67.3 Å². The number of para-hydroxylation sites is 1. The normalized spacial score (nSPS) is 11.4. The van der Waals surface area contributed by atoms with Crippen molar-refractivity contribution in [2.75, 3.05) is 11.5 Å². The molecule has 0 unspecified atom stereocenters. The average molecular weight is 720 g/mol. The van der Waals surface area contributed by atoms with Crippen LogP contribution in [0.2, 0.25) is 0 Å². The van der Waals surface area contributed by atoms with Crippen LogP contribution in [-0.4, -0.2) is 14.1 Å². The fourth-order valence-electron chi connectivity index (χ4n) is 8.08. The van der Waals surface area contributed by atoms with Crippen molar-refractivity contribution >= 4 is 33.3 Å². The van der Waals surface area contributed by atoms with Gasteiger partial charge in [-0.2, -0.15) is 0 Å². The van der Waals surface area contributed by atoms with Gasteiger partial charge in [0.05, 0.1) is 33.8 Å². The molecule has 0 aliphatic carbocycles. The minimum atomic E-state index is 0.560. The van der Waals surface area contributed by atoms with Gasteiger partial charge < -0.3 is 20.6 Å². The molecule has 3 aromatic heterocycles. The van der Waals surface area contributed by atoms with E-state index in [1.165, 1.54) is 0 Å². The predicted molar refractivity (Wildman–Crippen MR) is 234 cm³/mol. The van der Waals surface area contributed by atoms with Crippen LogP contribution >= 0.6 is 0 Å². The lowest BCUT2D eigenvalue weighted by atomic mass is 9.97. The Morgan fingerprint density at radius 1 is 0.339 bits per heavy atom. The van der Waals surface area contributed by atoms with Crippen LogP contribution in [0.15, 0.2) is 200 Å². The summed E-state index contributed by atoms with van der Waals surface area (Å²) >= 11 is 0. The largest absolute Gasteiger partial charge is 0.396 e. The van der Waals surface area contributed by atoms with Gasteiger partial charge in [-0.3, -0.25) is 4.98 Å². The molecule has 5 nitrogen and oxygen atoms in total. The fraction of sp³-hybridized carbons (Fsp3) is 0. The van der Waals surface area contributed by atoms with Crippen molar-refractivity contribution in [3.63, 3.8) is 0 Å². The van der Waals surface area contributed by atoms with E-state index in [9.17, 15) is 0 Å². The molecular weight excluding hydrogens is 683 g/mol. The van der Waals surface area contributed by atoms with Crippen LogP contribution < -0.4 is 11.5 Å². The molecule has 7 aromatic carbocycles. The second kappa shape index (κ2) is 13.7. The SMILES string of the molecule is Nc1c(-c2c(N)c3ncccc3n2-c2cc(-c3ccccc3)cc(-c3ccccc3)c2)n(-c2cc(-c3ccccc3)cc(-c3ccccc3)c2)c2ccccc12. The maximum atomic E-state index is 7.38. The number of fused-ring (bicyclic) bond motifs is 2. The number of pyridine rings is 1. The first-order chi connectivity index (χ1) is 27.6. The zero-order valence-corrected chi connectivity index (χ0v) is 30.5. The molecule has 10 aromatic rings. The molecule has 0 saturated carbocycles. The van der Waals surface area contributed by atoms with Crippen LogP contribution in [-0.2, 0) is 0 Å². The molecule has 4 N–H and O–H groups in total. The van der Waals surface area contributed by atoms with Crippen molar-refractivity contribution in [3.05, 3.63) is 200 Å². The lowest BCUT2D eigenvalue weighted by Crippen LogP contribution is -2.06. The highest BCUT2D eigenvalue weighted by Gasteiger charge is 2.27. The molecule has 0 aliphatic rings. The Balaban J connectivity index is 1.31. The molecule has 0 saturated heterocycles. The van der Waals surface area contributed by atoms with E-state index < -0.39 is 0 Å². The third kappa shape index (κ3) is 5.62. The van der Waals surface area contributed by atoms with Gasteiger partial charge in [0.25, 0.3) is 0 Å². The Morgan fingerprint density at radius 2 is 0.714 bits per heavy atom. The molecule has 0 radical (unpaired) electrons. The third-order valence-corrected chi connectivity index (χ3v) is 10.7. The Labute approximate surface area is 325 Å². The van der Waals surface area contributed by atoms with E-state index in [-0.39, 0.29) is 0 Å². The van der Waals surface area contributed by atoms with E-state index >= 15 is 0 Å². The number of rotatable bonds is 7. The number of nitrogens with two attached hydrogens (primary N) is 2. The molecular formula is C51H37N5. The van der Waals surface area contributed by atoms with Gasteiger partial charge in [-0.1, -0.05) is 140 Å². The molecule has 3 heterocycles. The lowest BCUT2D eigenvalue weighted by Gasteiger charge is -2.19. The van der Waals surface area contributed by atoms with Crippen molar-refractivity contribution in [1.82, 2.24) is 14.1 Å². The standard InChI is InChI=1S/C51H37N5/c52-47-44-24-13-14-25-45(44)55(42-30-38(34-16-5-1-6-17-34)28-39(31-42)35-18-7-2-8-19-35)50(47)51-48(53)49-46(26-15-27-54-49)56(51)43-32-40(36-20-9-3-10-21-36)29-41(33-43)37-22-11-4-12-23-37/h1-33H,52-53H2. The summed E-state index contributed by atoms with van der Waals surface area (Å²) in [5.74, 6) is 0. The minimum absolute atomic E-state index is 0.560. The summed E-state index contributed by atoms with van der Waals surface area (Å²) < 4.78 is 4.53. The summed E-state index contributed by atoms with van der Waals surface area (Å²) in [7, 11) is 0. The first-order valence-electron chi connectivity index (χ1n) is 18.8. The van der Waals surface area contributed by atoms with Crippen molar-refractivity contribution in [2.45, 2.75) is 0 Å². The number of nitrogen functional groups attached to an aromatic ring is 2. The number of anilines is 2. The molecule has 266 valence electrons. The number of hydrogen-bond acceptors (Lipinski definition) is 3. The maximum absolute atomic E-state index is 7.38. The van der Waals surface area contributed by atoms with Gasteiger partial charge in [-0.05, 0) is 99.1 Å². The number of aromatic nitrogens is 3. The zero-order chi connectivity index (χ0) is 37.6. The molecule has 0 amide bonds. The predicted octanol–water partition coefficient (Wildman–Crippen LogP) is 12.5. The van der Waals surface area contributed by atoms with Crippen LogP contribution in [0.5, 0.6) is 0 Å². The summed E-state index contributed by atoms with van der Waals surface area (Å²) in [5, 5.41) is 0.945. The number of benzene rings is 7. The monoisotopic (exact) mass is 719 g/mol. The van der Waals surface area contributed by atoms with E-state index in [1.54, 1.807) is 6.20 Å². The maximum Gasteiger partial charge on any atom is 0.112 e. The van der Waals surface area contributed by atoms with Crippen molar-refractivity contribution in [1.29, 1.82) is 0 Å². The Morgan fingerprint density at radius 3 is 1.18 bits per heavy atom. The van der Waals surface area contributed by atoms with E-state index in [1.807, 2.05) is 24.3 Å². The summed E-state index contributed by atoms with van der Waals surface area (Å²) in [6.07, 6.45) is 1.80. The van der Waals surface area contributed by atoms with Crippen LogP contribution in [0, 0.1) is 0 Å². The van der Waals surface area contributed by atoms with E-state index in [0.29, 0.717) is 16.9 Å². The van der Waals surface area contributed by atoms with Gasteiger partial charge in [0, 0.05) is 23.0 Å². The van der Waals surface area contributed by atoms with E-state index in [2.05, 4.69) is 179 Å². The summed E-state index contributed by atoms with van der Waals surface area (Å²) in [4.78, 5) is 4.87. The minimum Gasteiger partial charge on any atom is -0.396 e. The second-order valence-corrected chi connectivity index (χ2v) is 14.1. The molecule has 0 spiro atoms. The summed E-state index contributed by atoms with van der Waals surface area (Å²) in [5.41, 5.74) is 30.9.